The molecule has 0 aliphatic carbocycles. The molecule has 0 aromatic heterocycles. The molecule has 1 atom stereocenters. The predicted octanol–water partition coefficient (Wildman–Crippen LogP) is 2.92. The van der Waals surface area contributed by atoms with E-state index < -0.39 is 0 Å². The second kappa shape index (κ2) is 8.71. The van der Waals surface area contributed by atoms with E-state index in [2.05, 4.69) is 24.4 Å². The van der Waals surface area contributed by atoms with Crippen LogP contribution < -0.4 is 10.1 Å². The average molecular weight is 366 g/mol. The Kier molecular flexibility index (Phi) is 6.12. The summed E-state index contributed by atoms with van der Waals surface area (Å²) in [5.74, 6) is 0.472. The second-order valence-corrected chi connectivity index (χ2v) is 6.91. The van der Waals surface area contributed by atoms with Crippen LogP contribution in [0.25, 0.3) is 0 Å². The van der Waals surface area contributed by atoms with Crippen LogP contribution in [0, 0.1) is 5.92 Å². The number of hydrogen-bond acceptors (Lipinski definition) is 3. The van der Waals surface area contributed by atoms with Gasteiger partial charge in [0.05, 0.1) is 13.0 Å². The van der Waals surface area contributed by atoms with Gasteiger partial charge in [-0.25, -0.2) is 0 Å². The normalized spacial score (nSPS) is 16.4. The van der Waals surface area contributed by atoms with Gasteiger partial charge in [-0.05, 0) is 35.2 Å². The number of benzene rings is 2. The van der Waals surface area contributed by atoms with Crippen molar-refractivity contribution in [2.75, 3.05) is 13.7 Å². The Morgan fingerprint density at radius 2 is 1.70 bits per heavy atom. The number of hydrogen-bond donors (Lipinski definition) is 1. The number of nitrogens with zero attached hydrogens (tertiary/aromatic N) is 1. The molecule has 1 fully saturated rings. The smallest absolute Gasteiger partial charge is 0.225 e. The molecule has 1 N–H and O–H groups in total. The SMILES string of the molecule is CCc1ccc(CNC(=O)[C@H]2CC(=O)N(Cc3ccc(OC)cc3)C2)cc1. The zero-order chi connectivity index (χ0) is 19.2. The third-order valence-corrected chi connectivity index (χ3v) is 5.02. The zero-order valence-electron chi connectivity index (χ0n) is 15.9. The highest BCUT2D eigenvalue weighted by Gasteiger charge is 2.34. The van der Waals surface area contributed by atoms with Crippen LogP contribution in [0.4, 0.5) is 0 Å². The summed E-state index contributed by atoms with van der Waals surface area (Å²) < 4.78 is 5.15. The summed E-state index contributed by atoms with van der Waals surface area (Å²) in [5, 5.41) is 2.96. The third kappa shape index (κ3) is 4.88. The molecule has 5 heteroatoms. The highest BCUT2D eigenvalue weighted by atomic mass is 16.5. The molecule has 0 saturated carbocycles. The zero-order valence-corrected chi connectivity index (χ0v) is 15.9. The van der Waals surface area contributed by atoms with Crippen molar-refractivity contribution >= 4 is 11.8 Å². The van der Waals surface area contributed by atoms with E-state index in [0.717, 1.165) is 23.3 Å². The molecule has 1 heterocycles. The summed E-state index contributed by atoms with van der Waals surface area (Å²) in [6.07, 6.45) is 1.28. The van der Waals surface area contributed by atoms with Crippen molar-refractivity contribution in [2.45, 2.75) is 32.9 Å². The number of likely N-dealkylation sites (tertiary alicyclic amines) is 1. The Labute approximate surface area is 160 Å². The number of amides is 2. The molecule has 2 aromatic rings. The average Bonchev–Trinajstić information content (AvgIpc) is 3.07. The maximum Gasteiger partial charge on any atom is 0.225 e. The molecule has 0 unspecified atom stereocenters. The largest absolute Gasteiger partial charge is 0.497 e. The second-order valence-electron chi connectivity index (χ2n) is 6.91. The van der Waals surface area contributed by atoms with E-state index in [1.54, 1.807) is 12.0 Å². The monoisotopic (exact) mass is 366 g/mol. The van der Waals surface area contributed by atoms with Crippen LogP contribution in [0.2, 0.25) is 0 Å². The maximum atomic E-state index is 12.5. The van der Waals surface area contributed by atoms with E-state index in [1.165, 1.54) is 5.56 Å². The Morgan fingerprint density at radius 3 is 2.33 bits per heavy atom. The number of carbonyl (C=O) groups is 2. The van der Waals surface area contributed by atoms with Gasteiger partial charge in [-0.3, -0.25) is 9.59 Å². The van der Waals surface area contributed by atoms with Crippen LogP contribution in [0.1, 0.15) is 30.0 Å². The number of carbonyl (C=O) groups excluding carboxylic acids is 2. The van der Waals surface area contributed by atoms with Gasteiger partial charge in [0.1, 0.15) is 5.75 Å². The number of ether oxygens (including phenoxy) is 1. The molecule has 1 aliphatic rings. The van der Waals surface area contributed by atoms with Crippen LogP contribution in [0.5, 0.6) is 5.75 Å². The molecule has 0 spiro atoms. The van der Waals surface area contributed by atoms with E-state index >= 15 is 0 Å². The van der Waals surface area contributed by atoms with Crippen molar-refractivity contribution < 1.29 is 14.3 Å². The van der Waals surface area contributed by atoms with E-state index in [1.807, 2.05) is 36.4 Å². The first-order valence-corrected chi connectivity index (χ1v) is 9.35. The van der Waals surface area contributed by atoms with Crippen molar-refractivity contribution in [3.05, 3.63) is 65.2 Å². The van der Waals surface area contributed by atoms with Crippen LogP contribution >= 0.6 is 0 Å². The van der Waals surface area contributed by atoms with Crippen LogP contribution in [0.3, 0.4) is 0 Å². The van der Waals surface area contributed by atoms with E-state index in [-0.39, 0.29) is 24.2 Å². The molecular weight excluding hydrogens is 340 g/mol. The topological polar surface area (TPSA) is 58.6 Å². The van der Waals surface area contributed by atoms with E-state index in [0.29, 0.717) is 19.6 Å². The van der Waals surface area contributed by atoms with Gasteiger partial charge in [0.15, 0.2) is 0 Å². The van der Waals surface area contributed by atoms with E-state index in [9.17, 15) is 9.59 Å². The number of aryl methyl sites for hydroxylation is 1. The highest BCUT2D eigenvalue weighted by molar-refractivity contribution is 5.89. The minimum absolute atomic E-state index is 0.0262. The van der Waals surface area contributed by atoms with Crippen molar-refractivity contribution in [1.29, 1.82) is 0 Å². The Balaban J connectivity index is 1.51. The van der Waals surface area contributed by atoms with Crippen LogP contribution in [0.15, 0.2) is 48.5 Å². The molecule has 0 bridgehead atoms. The molecule has 3 rings (SSSR count). The van der Waals surface area contributed by atoms with Gasteiger partial charge < -0.3 is 15.0 Å². The fourth-order valence-electron chi connectivity index (χ4n) is 3.28. The molecule has 5 nitrogen and oxygen atoms in total. The molecular formula is C22H26N2O3. The fourth-order valence-corrected chi connectivity index (χ4v) is 3.28. The lowest BCUT2D eigenvalue weighted by atomic mass is 10.1. The first-order valence-electron chi connectivity index (χ1n) is 9.35. The summed E-state index contributed by atoms with van der Waals surface area (Å²) in [6.45, 7) is 3.59. The lowest BCUT2D eigenvalue weighted by Gasteiger charge is -2.17. The summed E-state index contributed by atoms with van der Waals surface area (Å²) in [6, 6.07) is 15.9. The molecule has 0 radical (unpaired) electrons. The summed E-state index contributed by atoms with van der Waals surface area (Å²) >= 11 is 0. The summed E-state index contributed by atoms with van der Waals surface area (Å²) in [7, 11) is 1.63. The van der Waals surface area contributed by atoms with E-state index in [4.69, 9.17) is 4.74 Å². The van der Waals surface area contributed by atoms with Gasteiger partial charge >= 0.3 is 0 Å². The predicted molar refractivity (Wildman–Crippen MR) is 104 cm³/mol. The van der Waals surface area contributed by atoms with Gasteiger partial charge in [-0.15, -0.1) is 0 Å². The Bertz CT molecular complexity index is 784. The lowest BCUT2D eigenvalue weighted by molar-refractivity contribution is -0.129. The molecule has 1 aliphatic heterocycles. The molecule has 2 amide bonds. The number of rotatable bonds is 7. The van der Waals surface area contributed by atoms with Crippen LogP contribution in [-0.2, 0) is 29.1 Å². The standard InChI is InChI=1S/C22H26N2O3/c1-3-16-4-6-17(7-5-16)13-23-22(26)19-12-21(25)24(15-19)14-18-8-10-20(27-2)11-9-18/h4-11,19H,3,12-15H2,1-2H3,(H,23,26)/t19-/m0/s1. The van der Waals surface area contributed by atoms with Gasteiger partial charge in [0, 0.05) is 26.1 Å². The van der Waals surface area contributed by atoms with Gasteiger partial charge in [-0.2, -0.15) is 0 Å². The fraction of sp³-hybridized carbons (Fsp3) is 0.364. The van der Waals surface area contributed by atoms with Crippen molar-refractivity contribution in [3.8, 4) is 5.75 Å². The maximum absolute atomic E-state index is 12.5. The molecule has 142 valence electrons. The lowest BCUT2D eigenvalue weighted by Crippen LogP contribution is -2.32. The first-order chi connectivity index (χ1) is 13.1. The number of nitrogens with one attached hydrogen (secondary N) is 1. The molecule has 2 aromatic carbocycles. The highest BCUT2D eigenvalue weighted by Crippen LogP contribution is 2.21. The number of methoxy groups -OCH3 is 1. The Hall–Kier alpha value is -2.82. The van der Waals surface area contributed by atoms with Crippen LogP contribution in [-0.4, -0.2) is 30.4 Å². The minimum Gasteiger partial charge on any atom is -0.497 e. The van der Waals surface area contributed by atoms with Gasteiger partial charge in [0.25, 0.3) is 0 Å². The van der Waals surface area contributed by atoms with Crippen molar-refractivity contribution in [3.63, 3.8) is 0 Å². The minimum atomic E-state index is -0.286. The first kappa shape index (κ1) is 19.0. The molecule has 1 saturated heterocycles. The van der Waals surface area contributed by atoms with Crippen molar-refractivity contribution in [2.24, 2.45) is 5.92 Å². The molecule has 27 heavy (non-hydrogen) atoms. The van der Waals surface area contributed by atoms with Gasteiger partial charge in [-0.1, -0.05) is 43.3 Å². The quantitative estimate of drug-likeness (QED) is 0.820. The third-order valence-electron chi connectivity index (χ3n) is 5.02. The summed E-state index contributed by atoms with van der Waals surface area (Å²) in [5.41, 5.74) is 3.38. The van der Waals surface area contributed by atoms with Gasteiger partial charge in [0.2, 0.25) is 11.8 Å². The summed E-state index contributed by atoms with van der Waals surface area (Å²) in [4.78, 5) is 26.5. The van der Waals surface area contributed by atoms with Crippen molar-refractivity contribution in [1.82, 2.24) is 10.2 Å². The Morgan fingerprint density at radius 1 is 1.07 bits per heavy atom.